The molecule has 0 atom stereocenters. The fourth-order valence-corrected chi connectivity index (χ4v) is 2.48. The van der Waals surface area contributed by atoms with Gasteiger partial charge in [0.1, 0.15) is 0 Å². The van der Waals surface area contributed by atoms with E-state index in [1.54, 1.807) is 0 Å². The Balaban J connectivity index is 7.13. The first-order chi connectivity index (χ1) is 13.2. The van der Waals surface area contributed by atoms with Gasteiger partial charge in [0.2, 0.25) is 0 Å². The molecular weight excluding hydrogens is 556 g/mol. The van der Waals surface area contributed by atoms with Crippen molar-refractivity contribution in [3.8, 4) is 0 Å². The Kier molecular flexibility index (Phi) is 6.81. The summed E-state index contributed by atoms with van der Waals surface area (Å²) in [5, 5.41) is -8.68. The average Bonchev–Trinajstić information content (AvgIpc) is 2.51. The number of rotatable bonds is 9. The monoisotopic (exact) mass is 560 g/mol. The van der Waals surface area contributed by atoms with E-state index in [4.69, 9.17) is 0 Å². The summed E-state index contributed by atoms with van der Waals surface area (Å²) in [6.07, 6.45) is 0. The zero-order valence-electron chi connectivity index (χ0n) is 13.7. The molecule has 0 aromatic carbocycles. The van der Waals surface area contributed by atoms with Gasteiger partial charge in [0.15, 0.2) is 0 Å². The first-order valence-electron chi connectivity index (χ1n) is 6.32. The van der Waals surface area contributed by atoms with Crippen LogP contribution in [0, 0.1) is 0 Å². The third-order valence-corrected chi connectivity index (χ3v) is 5.36. The van der Waals surface area contributed by atoms with Gasteiger partial charge in [-0.15, -0.1) is 0 Å². The zero-order valence-corrected chi connectivity index (χ0v) is 15.3. The number of hydrogen-bond donors (Lipinski definition) is 2. The highest BCUT2D eigenvalue weighted by Crippen LogP contribution is 2.64. The average molecular weight is 560 g/mol. The van der Waals surface area contributed by atoms with E-state index in [1.165, 1.54) is 0 Å². The molecule has 0 rings (SSSR count). The minimum absolute atomic E-state index is 3.34. The molecule has 0 bridgehead atoms. The molecule has 0 radical (unpaired) electrons. The van der Waals surface area contributed by atoms with E-state index in [1.807, 2.05) is 0 Å². The molecule has 0 fully saturated rings. The van der Waals surface area contributed by atoms with Crippen molar-refractivity contribution < 1.29 is 87.1 Å². The molecule has 194 valence electrons. The molecule has 0 unspecified atom stereocenters. The molecule has 0 saturated carbocycles. The van der Waals surface area contributed by atoms with Crippen LogP contribution in [0.25, 0.3) is 0 Å². The second kappa shape index (κ2) is 7.10. The predicted octanol–water partition coefficient (Wildman–Crippen LogP) is 2.56. The lowest BCUT2D eigenvalue weighted by atomic mass is 9.91. The van der Waals surface area contributed by atoms with Crippen molar-refractivity contribution in [1.29, 1.82) is 0 Å². The number of nitrogens with two attached hydrogens (primary N) is 2. The first-order valence-corrected chi connectivity index (χ1v) is 9.41. The minimum Gasteiger partial charge on any atom is -0.223 e. The van der Waals surface area contributed by atoms with Crippen LogP contribution in [0.2, 0.25) is 0 Å². The maximum absolute atomic E-state index is 13.3. The molecular formula is C8H4F16N2O4S2. The maximum Gasteiger partial charge on any atom is 0.426 e. The third kappa shape index (κ3) is 3.47. The Morgan fingerprint density at radius 3 is 0.594 bits per heavy atom. The molecule has 0 aliphatic carbocycles. The van der Waals surface area contributed by atoms with Crippen molar-refractivity contribution in [3.05, 3.63) is 0 Å². The van der Waals surface area contributed by atoms with Gasteiger partial charge in [0.05, 0.1) is 0 Å². The molecule has 6 nitrogen and oxygen atoms in total. The van der Waals surface area contributed by atoms with Gasteiger partial charge >= 0.3 is 46.0 Å². The number of hydrogen-bond acceptors (Lipinski definition) is 4. The number of sulfonamides is 2. The number of primary sulfonamides is 2. The smallest absolute Gasteiger partial charge is 0.223 e. The van der Waals surface area contributed by atoms with E-state index in [-0.39, 0.29) is 0 Å². The van der Waals surface area contributed by atoms with Crippen molar-refractivity contribution in [2.45, 2.75) is 46.0 Å². The van der Waals surface area contributed by atoms with Gasteiger partial charge in [-0.1, -0.05) is 0 Å². The summed E-state index contributed by atoms with van der Waals surface area (Å²) in [5.41, 5.74) is 0. The molecule has 0 amide bonds. The van der Waals surface area contributed by atoms with Gasteiger partial charge in [0.25, 0.3) is 20.0 Å². The largest absolute Gasteiger partial charge is 0.426 e. The van der Waals surface area contributed by atoms with Crippen LogP contribution in [0.1, 0.15) is 0 Å². The molecule has 4 N–H and O–H groups in total. The van der Waals surface area contributed by atoms with Crippen molar-refractivity contribution in [2.75, 3.05) is 0 Å². The fraction of sp³-hybridized carbons (Fsp3) is 1.00. The van der Waals surface area contributed by atoms with Crippen LogP contribution in [-0.2, 0) is 20.0 Å². The Morgan fingerprint density at radius 1 is 0.344 bits per heavy atom. The second-order valence-electron chi connectivity index (χ2n) is 5.57. The van der Waals surface area contributed by atoms with Crippen molar-refractivity contribution in [3.63, 3.8) is 0 Å². The van der Waals surface area contributed by atoms with E-state index in [2.05, 4.69) is 10.3 Å². The lowest BCUT2D eigenvalue weighted by molar-refractivity contribution is -0.443. The summed E-state index contributed by atoms with van der Waals surface area (Å²) in [5.74, 6) is -52.2. The highest BCUT2D eigenvalue weighted by Gasteiger charge is 2.96. The molecule has 0 aromatic heterocycles. The third-order valence-electron chi connectivity index (χ3n) is 3.42. The van der Waals surface area contributed by atoms with Crippen LogP contribution in [0.15, 0.2) is 0 Å². The van der Waals surface area contributed by atoms with Crippen LogP contribution in [0.4, 0.5) is 70.2 Å². The molecule has 0 aliphatic heterocycles. The van der Waals surface area contributed by atoms with Gasteiger partial charge in [0, 0.05) is 0 Å². The van der Waals surface area contributed by atoms with E-state index in [0.717, 1.165) is 0 Å². The van der Waals surface area contributed by atoms with E-state index < -0.39 is 66.1 Å². The van der Waals surface area contributed by atoms with Crippen LogP contribution in [0.3, 0.4) is 0 Å². The Morgan fingerprint density at radius 2 is 0.469 bits per heavy atom. The standard InChI is InChI=1S/C8H4F16N2O4S2/c9-1(10,3(13,14)5(17,18)7(21,22)31(25,27)28)2(11,12)4(15,16)6(19,20)8(23,24)32(26,29)30/h(H2,25,27,28)(H2,26,29,30). The van der Waals surface area contributed by atoms with E-state index >= 15 is 0 Å². The Labute approximate surface area is 164 Å². The molecule has 0 aliphatic rings. The van der Waals surface area contributed by atoms with Crippen LogP contribution in [-0.4, -0.2) is 62.9 Å². The molecule has 24 heteroatoms. The Hall–Kier alpha value is -1.30. The van der Waals surface area contributed by atoms with Gasteiger partial charge in [-0.05, 0) is 0 Å². The lowest BCUT2D eigenvalue weighted by Crippen LogP contribution is -2.76. The number of alkyl halides is 16. The maximum atomic E-state index is 13.3. The van der Waals surface area contributed by atoms with Crippen molar-refractivity contribution in [2.24, 2.45) is 10.3 Å². The van der Waals surface area contributed by atoms with Gasteiger partial charge in [-0.2, -0.15) is 70.2 Å². The molecule has 0 heterocycles. The second-order valence-corrected chi connectivity index (χ2v) is 8.78. The summed E-state index contributed by atoms with van der Waals surface area (Å²) in [7, 11) is -14.9. The van der Waals surface area contributed by atoms with Crippen molar-refractivity contribution in [1.82, 2.24) is 0 Å². The highest BCUT2D eigenvalue weighted by molar-refractivity contribution is 7.90. The zero-order chi connectivity index (χ0) is 27.0. The number of halogens is 16. The Bertz CT molecular complexity index is 879. The lowest BCUT2D eigenvalue weighted by Gasteiger charge is -2.42. The minimum atomic E-state index is -8.93. The van der Waals surface area contributed by atoms with E-state index in [9.17, 15) is 87.1 Å². The summed E-state index contributed by atoms with van der Waals surface area (Å²) >= 11 is 0. The summed E-state index contributed by atoms with van der Waals surface area (Å²) in [6.45, 7) is 0. The topological polar surface area (TPSA) is 120 Å². The molecule has 0 aromatic rings. The SMILES string of the molecule is NS(=O)(=O)C(F)(F)C(F)(F)C(F)(F)C(F)(F)C(F)(F)C(F)(F)C(F)(F)C(F)(F)S(N)(=O)=O. The predicted molar refractivity (Wildman–Crippen MR) is 65.8 cm³/mol. The molecule has 0 spiro atoms. The van der Waals surface area contributed by atoms with Crippen LogP contribution < -0.4 is 10.3 Å². The quantitative estimate of drug-likeness (QED) is 0.422. The van der Waals surface area contributed by atoms with Crippen LogP contribution >= 0.6 is 0 Å². The van der Waals surface area contributed by atoms with Crippen molar-refractivity contribution >= 4 is 20.0 Å². The molecule has 32 heavy (non-hydrogen) atoms. The van der Waals surface area contributed by atoms with Gasteiger partial charge in [-0.25, -0.2) is 27.1 Å². The first kappa shape index (κ1) is 30.7. The fourth-order valence-electron chi connectivity index (χ4n) is 1.51. The van der Waals surface area contributed by atoms with Crippen LogP contribution in [0.5, 0.6) is 0 Å². The molecule has 0 saturated heterocycles. The van der Waals surface area contributed by atoms with Gasteiger partial charge < -0.3 is 0 Å². The van der Waals surface area contributed by atoms with E-state index in [0.29, 0.717) is 0 Å². The summed E-state index contributed by atoms with van der Waals surface area (Å²) < 4.78 is 252. The summed E-state index contributed by atoms with van der Waals surface area (Å²) in [4.78, 5) is 0. The highest BCUT2D eigenvalue weighted by atomic mass is 32.2. The van der Waals surface area contributed by atoms with Gasteiger partial charge in [-0.3, -0.25) is 0 Å². The normalized spacial score (nSPS) is 16.9. The summed E-state index contributed by atoms with van der Waals surface area (Å²) in [6, 6.07) is 0.